The monoisotopic (exact) mass is 417 g/mol. The van der Waals surface area contributed by atoms with Gasteiger partial charge in [-0.25, -0.2) is 0 Å². The number of likely N-dealkylation sites (tertiary alicyclic amines) is 1. The van der Waals surface area contributed by atoms with Gasteiger partial charge in [0, 0.05) is 30.6 Å². The second-order valence-corrected chi connectivity index (χ2v) is 8.31. The molecule has 1 aliphatic heterocycles. The number of benzene rings is 1. The summed E-state index contributed by atoms with van der Waals surface area (Å²) in [6.45, 7) is 8.95. The lowest BCUT2D eigenvalue weighted by atomic mass is 9.88. The summed E-state index contributed by atoms with van der Waals surface area (Å²) in [5.41, 5.74) is 0.476. The van der Waals surface area contributed by atoms with Crippen LogP contribution in [0.15, 0.2) is 24.3 Å². The van der Waals surface area contributed by atoms with E-state index in [-0.39, 0.29) is 35.6 Å². The van der Waals surface area contributed by atoms with Crippen molar-refractivity contribution in [3.05, 3.63) is 29.8 Å². The summed E-state index contributed by atoms with van der Waals surface area (Å²) >= 11 is 0. The van der Waals surface area contributed by atoms with Crippen LogP contribution in [0.1, 0.15) is 57.3 Å². The molecule has 1 aliphatic rings. The Morgan fingerprint density at radius 1 is 1.07 bits per heavy atom. The number of hydrogen-bond acceptors (Lipinski definition) is 4. The average Bonchev–Trinajstić information content (AvgIpc) is 2.76. The minimum absolute atomic E-state index is 0.0209. The second kappa shape index (κ2) is 11.0. The van der Waals surface area contributed by atoms with E-state index in [2.05, 4.69) is 10.6 Å². The van der Waals surface area contributed by atoms with E-state index in [9.17, 15) is 14.4 Å². The molecule has 1 aromatic carbocycles. The number of rotatable bonds is 8. The van der Waals surface area contributed by atoms with Gasteiger partial charge in [0.1, 0.15) is 11.8 Å². The van der Waals surface area contributed by atoms with Crippen LogP contribution >= 0.6 is 0 Å². The van der Waals surface area contributed by atoms with Crippen molar-refractivity contribution < 1.29 is 19.1 Å². The lowest BCUT2D eigenvalue weighted by Crippen LogP contribution is -2.55. The highest BCUT2D eigenvalue weighted by atomic mass is 16.5. The van der Waals surface area contributed by atoms with E-state index in [0.717, 1.165) is 6.42 Å². The maximum absolute atomic E-state index is 13.0. The van der Waals surface area contributed by atoms with Crippen molar-refractivity contribution >= 4 is 17.7 Å². The number of carbonyl (C=O) groups excluding carboxylic acids is 3. The molecule has 1 saturated heterocycles. The predicted octanol–water partition coefficient (Wildman–Crippen LogP) is 2.60. The van der Waals surface area contributed by atoms with Gasteiger partial charge in [-0.2, -0.15) is 0 Å². The predicted molar refractivity (Wildman–Crippen MR) is 116 cm³/mol. The molecular formula is C23H35N3O4. The molecule has 0 saturated carbocycles. The van der Waals surface area contributed by atoms with Gasteiger partial charge in [-0.05, 0) is 56.4 Å². The summed E-state index contributed by atoms with van der Waals surface area (Å²) in [7, 11) is 1.57. The fourth-order valence-electron chi connectivity index (χ4n) is 3.62. The largest absolute Gasteiger partial charge is 0.497 e. The first-order valence-corrected chi connectivity index (χ1v) is 10.8. The van der Waals surface area contributed by atoms with Crippen molar-refractivity contribution in [2.75, 3.05) is 20.2 Å². The zero-order valence-electron chi connectivity index (χ0n) is 18.7. The molecule has 30 heavy (non-hydrogen) atoms. The normalized spacial score (nSPS) is 16.7. The van der Waals surface area contributed by atoms with Gasteiger partial charge in [0.25, 0.3) is 5.91 Å². The number of carbonyl (C=O) groups is 3. The van der Waals surface area contributed by atoms with Crippen molar-refractivity contribution in [1.82, 2.24) is 15.5 Å². The molecule has 0 aliphatic carbocycles. The first-order valence-electron chi connectivity index (χ1n) is 10.8. The first-order chi connectivity index (χ1) is 14.3. The molecule has 0 unspecified atom stereocenters. The highest BCUT2D eigenvalue weighted by molar-refractivity contribution is 5.97. The van der Waals surface area contributed by atoms with Gasteiger partial charge in [-0.15, -0.1) is 0 Å². The second-order valence-electron chi connectivity index (χ2n) is 8.31. The van der Waals surface area contributed by atoms with Gasteiger partial charge >= 0.3 is 0 Å². The molecule has 1 fully saturated rings. The lowest BCUT2D eigenvalue weighted by molar-refractivity contribution is -0.136. The zero-order valence-corrected chi connectivity index (χ0v) is 18.7. The maximum Gasteiger partial charge on any atom is 0.251 e. The van der Waals surface area contributed by atoms with Crippen LogP contribution in [-0.4, -0.2) is 54.9 Å². The third-order valence-electron chi connectivity index (χ3n) is 5.74. The number of hydrogen-bond donors (Lipinski definition) is 2. The van der Waals surface area contributed by atoms with E-state index in [0.29, 0.717) is 37.2 Å². The van der Waals surface area contributed by atoms with Gasteiger partial charge in [-0.3, -0.25) is 14.4 Å². The Bertz CT molecular complexity index is 724. The van der Waals surface area contributed by atoms with E-state index < -0.39 is 6.04 Å². The molecule has 3 amide bonds. The van der Waals surface area contributed by atoms with Gasteiger partial charge in [0.15, 0.2) is 0 Å². The van der Waals surface area contributed by atoms with E-state index in [1.165, 1.54) is 0 Å². The highest BCUT2D eigenvalue weighted by Crippen LogP contribution is 2.23. The van der Waals surface area contributed by atoms with E-state index in [4.69, 9.17) is 4.74 Å². The Morgan fingerprint density at radius 2 is 1.67 bits per heavy atom. The number of nitrogens with one attached hydrogen (secondary N) is 2. The number of piperidine rings is 1. The lowest BCUT2D eigenvalue weighted by Gasteiger charge is -2.36. The molecule has 0 radical (unpaired) electrons. The van der Waals surface area contributed by atoms with Crippen molar-refractivity contribution in [1.29, 1.82) is 0 Å². The zero-order chi connectivity index (χ0) is 22.3. The SMILES string of the molecule is CC[C@H](C)NC(=O)[C@H](NC(=O)c1ccc(OC)cc1)C1CCN(C(=O)C(C)C)CC1. The Hall–Kier alpha value is -2.57. The van der Waals surface area contributed by atoms with Crippen LogP contribution in [0.5, 0.6) is 5.75 Å². The van der Waals surface area contributed by atoms with Crippen LogP contribution in [0.2, 0.25) is 0 Å². The molecule has 1 heterocycles. The summed E-state index contributed by atoms with van der Waals surface area (Å²) in [6, 6.07) is 6.20. The molecule has 2 atom stereocenters. The maximum atomic E-state index is 13.0. The van der Waals surface area contributed by atoms with Crippen molar-refractivity contribution in [2.45, 2.75) is 59.0 Å². The molecule has 0 bridgehead atoms. The minimum Gasteiger partial charge on any atom is -0.497 e. The molecule has 2 rings (SSSR count). The summed E-state index contributed by atoms with van der Waals surface area (Å²) in [5, 5.41) is 5.94. The highest BCUT2D eigenvalue weighted by Gasteiger charge is 2.34. The van der Waals surface area contributed by atoms with Crippen LogP contribution in [0.4, 0.5) is 0 Å². The average molecular weight is 418 g/mol. The molecule has 7 heteroatoms. The van der Waals surface area contributed by atoms with Crippen molar-refractivity contribution in [3.8, 4) is 5.75 Å². The molecule has 0 spiro atoms. The molecule has 1 aromatic rings. The minimum atomic E-state index is -0.634. The Balaban J connectivity index is 2.11. The van der Waals surface area contributed by atoms with Gasteiger partial charge in [-0.1, -0.05) is 20.8 Å². The summed E-state index contributed by atoms with van der Waals surface area (Å²) in [4.78, 5) is 39.9. The quantitative estimate of drug-likeness (QED) is 0.681. The van der Waals surface area contributed by atoms with Gasteiger partial charge < -0.3 is 20.3 Å². The van der Waals surface area contributed by atoms with Crippen LogP contribution in [0.25, 0.3) is 0 Å². The molecule has 0 aromatic heterocycles. The molecular weight excluding hydrogens is 382 g/mol. The topological polar surface area (TPSA) is 87.7 Å². The smallest absolute Gasteiger partial charge is 0.251 e. The fourth-order valence-corrected chi connectivity index (χ4v) is 3.62. The third-order valence-corrected chi connectivity index (χ3v) is 5.74. The number of methoxy groups -OCH3 is 1. The van der Waals surface area contributed by atoms with Crippen LogP contribution < -0.4 is 15.4 Å². The number of amides is 3. The summed E-state index contributed by atoms with van der Waals surface area (Å²) in [6.07, 6.45) is 2.17. The molecule has 7 nitrogen and oxygen atoms in total. The fraction of sp³-hybridized carbons (Fsp3) is 0.609. The van der Waals surface area contributed by atoms with Crippen molar-refractivity contribution in [2.24, 2.45) is 11.8 Å². The Kier molecular flexibility index (Phi) is 8.69. The Labute approximate surface area is 179 Å². The van der Waals surface area contributed by atoms with Crippen LogP contribution in [0, 0.1) is 11.8 Å². The Morgan fingerprint density at radius 3 is 2.17 bits per heavy atom. The summed E-state index contributed by atoms with van der Waals surface area (Å²) in [5.74, 6) is 0.284. The van der Waals surface area contributed by atoms with Crippen molar-refractivity contribution in [3.63, 3.8) is 0 Å². The van der Waals surface area contributed by atoms with E-state index in [1.807, 2.05) is 32.6 Å². The standard InChI is InChI=1S/C23H35N3O4/c1-6-16(4)24-22(28)20(17-11-13-26(14-12-17)23(29)15(2)3)25-21(27)18-7-9-19(30-5)10-8-18/h7-10,15-17,20H,6,11-14H2,1-5H3,(H,24,28)(H,25,27)/t16-,20+/m0/s1. The molecule has 2 N–H and O–H groups in total. The van der Waals surface area contributed by atoms with Crippen LogP contribution in [0.3, 0.4) is 0 Å². The van der Waals surface area contributed by atoms with Gasteiger partial charge in [0.2, 0.25) is 11.8 Å². The molecule has 166 valence electrons. The van der Waals surface area contributed by atoms with E-state index in [1.54, 1.807) is 31.4 Å². The number of nitrogens with zero attached hydrogens (tertiary/aromatic N) is 1. The first kappa shape index (κ1) is 23.7. The third kappa shape index (κ3) is 6.21. The van der Waals surface area contributed by atoms with E-state index >= 15 is 0 Å². The summed E-state index contributed by atoms with van der Waals surface area (Å²) < 4.78 is 5.14. The van der Waals surface area contributed by atoms with Crippen LogP contribution in [-0.2, 0) is 9.59 Å². The number of ether oxygens (including phenoxy) is 1. The van der Waals surface area contributed by atoms with Gasteiger partial charge in [0.05, 0.1) is 7.11 Å².